The van der Waals surface area contributed by atoms with E-state index in [4.69, 9.17) is 0 Å². The lowest BCUT2D eigenvalue weighted by Crippen LogP contribution is -2.65. The summed E-state index contributed by atoms with van der Waals surface area (Å²) in [4.78, 5) is 32.8. The monoisotopic (exact) mass is 508 g/mol. The maximum absolute atomic E-state index is 14.5. The number of carbonyl (C=O) groups excluding carboxylic acids is 2. The van der Waals surface area contributed by atoms with Crippen LogP contribution in [0, 0.1) is 0 Å². The molecule has 0 spiro atoms. The van der Waals surface area contributed by atoms with E-state index in [1.165, 1.54) is 22.3 Å². The molecule has 2 aromatic rings. The average Bonchev–Trinajstić information content (AvgIpc) is 3.58. The highest BCUT2D eigenvalue weighted by Gasteiger charge is 2.69. The minimum Gasteiger partial charge on any atom is -0.364 e. The standard InChI is InChI=1S/C32H36N4O2/c1-19(2)13-15-31-17-25-27(37)36-26(28(38)35(25)29(31)33-23-11-7-5-9-21(23)31)18-32(16-14-20(3)4)22-10-6-8-12-24(22)34-30(32)36/h5-14,25-26,29-30,33-34H,15-18H2,1-4H3/t25-,26-,29+,30+,31+,32+/m0/s1. The maximum Gasteiger partial charge on any atom is 0.247 e. The normalized spacial score (nSPS) is 33.4. The molecule has 3 fully saturated rings. The van der Waals surface area contributed by atoms with Gasteiger partial charge in [-0.3, -0.25) is 9.59 Å². The molecule has 5 heterocycles. The molecule has 5 aliphatic heterocycles. The lowest BCUT2D eigenvalue weighted by atomic mass is 9.74. The Morgan fingerprint density at radius 3 is 1.53 bits per heavy atom. The van der Waals surface area contributed by atoms with Gasteiger partial charge in [-0.2, -0.15) is 0 Å². The summed E-state index contributed by atoms with van der Waals surface area (Å²) < 4.78 is 0. The van der Waals surface area contributed by atoms with E-state index in [1.807, 2.05) is 21.9 Å². The Labute approximate surface area is 224 Å². The van der Waals surface area contributed by atoms with Gasteiger partial charge in [0.05, 0.1) is 0 Å². The number of rotatable bonds is 4. The Hall–Kier alpha value is -3.54. The number of fused-ring (bicyclic) bond motifs is 10. The van der Waals surface area contributed by atoms with Crippen LogP contribution in [-0.4, -0.2) is 46.0 Å². The van der Waals surface area contributed by atoms with Gasteiger partial charge >= 0.3 is 0 Å². The molecule has 196 valence electrons. The van der Waals surface area contributed by atoms with E-state index in [0.29, 0.717) is 12.8 Å². The van der Waals surface area contributed by atoms with E-state index in [0.717, 1.165) is 24.2 Å². The van der Waals surface area contributed by atoms with Crippen molar-refractivity contribution in [2.24, 2.45) is 0 Å². The third-order valence-electron chi connectivity index (χ3n) is 9.73. The average molecular weight is 509 g/mol. The number of piperazine rings is 1. The zero-order valence-corrected chi connectivity index (χ0v) is 22.6. The van der Waals surface area contributed by atoms with E-state index >= 15 is 0 Å². The summed E-state index contributed by atoms with van der Waals surface area (Å²) in [6.45, 7) is 8.46. The van der Waals surface area contributed by atoms with Gasteiger partial charge in [-0.05, 0) is 76.6 Å². The summed E-state index contributed by atoms with van der Waals surface area (Å²) in [6.07, 6.45) is 7.00. The Morgan fingerprint density at radius 1 is 0.737 bits per heavy atom. The molecule has 0 unspecified atom stereocenters. The number of hydrogen-bond acceptors (Lipinski definition) is 4. The predicted molar refractivity (Wildman–Crippen MR) is 150 cm³/mol. The number of anilines is 2. The van der Waals surface area contributed by atoms with Crippen molar-refractivity contribution in [1.29, 1.82) is 0 Å². The molecule has 0 aromatic heterocycles. The van der Waals surface area contributed by atoms with Crippen molar-refractivity contribution < 1.29 is 9.59 Å². The van der Waals surface area contributed by atoms with Gasteiger partial charge in [0, 0.05) is 22.2 Å². The topological polar surface area (TPSA) is 64.7 Å². The number of allylic oxidation sites excluding steroid dienone is 4. The van der Waals surface area contributed by atoms with Gasteiger partial charge in [-0.25, -0.2) is 0 Å². The summed E-state index contributed by atoms with van der Waals surface area (Å²) in [7, 11) is 0. The molecule has 38 heavy (non-hydrogen) atoms. The van der Waals surface area contributed by atoms with Crippen LogP contribution in [-0.2, 0) is 20.4 Å². The maximum atomic E-state index is 14.5. The smallest absolute Gasteiger partial charge is 0.247 e. The molecule has 2 N–H and O–H groups in total. The van der Waals surface area contributed by atoms with Crippen LogP contribution in [0.25, 0.3) is 0 Å². The van der Waals surface area contributed by atoms with Gasteiger partial charge in [0.15, 0.2) is 0 Å². The van der Waals surface area contributed by atoms with Crippen molar-refractivity contribution >= 4 is 23.2 Å². The lowest BCUT2D eigenvalue weighted by Gasteiger charge is -2.43. The highest BCUT2D eigenvalue weighted by molar-refractivity contribution is 6.00. The number of benzene rings is 2. The number of carbonyl (C=O) groups is 2. The third kappa shape index (κ3) is 2.94. The van der Waals surface area contributed by atoms with Crippen molar-refractivity contribution in [1.82, 2.24) is 9.80 Å². The Kier molecular flexibility index (Phi) is 4.95. The molecule has 0 bridgehead atoms. The van der Waals surface area contributed by atoms with Crippen molar-refractivity contribution in [3.05, 3.63) is 83.0 Å². The molecular weight excluding hydrogens is 472 g/mol. The van der Waals surface area contributed by atoms with E-state index in [2.05, 4.69) is 86.9 Å². The fourth-order valence-electron chi connectivity index (χ4n) is 8.01. The molecular formula is C32H36N4O2. The third-order valence-corrected chi connectivity index (χ3v) is 9.73. The SMILES string of the molecule is CC(C)=CC[C@]12C[C@H]3C(=O)N4[C@H]5Nc6ccccc6[C@@]5(CC=C(C)C)C[C@H]4C(=O)N3[C@H]1Nc1ccccc12. The van der Waals surface area contributed by atoms with Crippen LogP contribution in [0.2, 0.25) is 0 Å². The molecule has 6 heteroatoms. The fraction of sp³-hybridized carbons (Fsp3) is 0.438. The summed E-state index contributed by atoms with van der Waals surface area (Å²) in [5.41, 5.74) is 6.50. The van der Waals surface area contributed by atoms with Crippen LogP contribution < -0.4 is 10.6 Å². The van der Waals surface area contributed by atoms with E-state index in [1.54, 1.807) is 0 Å². The second kappa shape index (κ2) is 7.98. The molecule has 0 radical (unpaired) electrons. The number of amides is 2. The van der Waals surface area contributed by atoms with Gasteiger partial charge in [0.25, 0.3) is 0 Å². The molecule has 0 aliphatic carbocycles. The first-order chi connectivity index (χ1) is 18.3. The first-order valence-electron chi connectivity index (χ1n) is 13.9. The van der Waals surface area contributed by atoms with E-state index in [-0.39, 0.29) is 35.0 Å². The molecule has 0 saturated carbocycles. The highest BCUT2D eigenvalue weighted by atomic mass is 16.2. The molecule has 6 atom stereocenters. The molecule has 5 aliphatic rings. The van der Waals surface area contributed by atoms with Gasteiger partial charge in [0.1, 0.15) is 24.4 Å². The first-order valence-corrected chi connectivity index (χ1v) is 13.9. The molecule has 7 rings (SSSR count). The second-order valence-corrected chi connectivity index (χ2v) is 12.4. The number of para-hydroxylation sites is 2. The molecule has 3 saturated heterocycles. The van der Waals surface area contributed by atoms with Crippen LogP contribution in [0.4, 0.5) is 11.4 Å². The number of hydrogen-bond donors (Lipinski definition) is 2. The zero-order chi connectivity index (χ0) is 26.4. The number of nitrogens with one attached hydrogen (secondary N) is 2. The largest absolute Gasteiger partial charge is 0.364 e. The van der Waals surface area contributed by atoms with Crippen molar-refractivity contribution in [3.8, 4) is 0 Å². The van der Waals surface area contributed by atoms with Crippen LogP contribution >= 0.6 is 0 Å². The predicted octanol–water partition coefficient (Wildman–Crippen LogP) is 5.29. The Bertz CT molecular complexity index is 1310. The van der Waals surface area contributed by atoms with Crippen LogP contribution in [0.15, 0.2) is 71.8 Å². The zero-order valence-electron chi connectivity index (χ0n) is 22.6. The Morgan fingerprint density at radius 2 is 1.13 bits per heavy atom. The Balaban J connectivity index is 1.31. The highest BCUT2D eigenvalue weighted by Crippen LogP contribution is 2.59. The van der Waals surface area contributed by atoms with Crippen LogP contribution in [0.3, 0.4) is 0 Å². The van der Waals surface area contributed by atoms with Crippen molar-refractivity contribution in [2.75, 3.05) is 10.6 Å². The van der Waals surface area contributed by atoms with Gasteiger partial charge in [-0.1, -0.05) is 59.7 Å². The summed E-state index contributed by atoms with van der Waals surface area (Å²) in [6, 6.07) is 15.9. The number of nitrogens with zero attached hydrogens (tertiary/aromatic N) is 2. The van der Waals surface area contributed by atoms with Gasteiger partial charge in [0.2, 0.25) is 11.8 Å². The van der Waals surface area contributed by atoms with Crippen molar-refractivity contribution in [3.63, 3.8) is 0 Å². The summed E-state index contributed by atoms with van der Waals surface area (Å²) >= 11 is 0. The van der Waals surface area contributed by atoms with E-state index < -0.39 is 12.1 Å². The fourth-order valence-corrected chi connectivity index (χ4v) is 8.01. The molecule has 6 nitrogen and oxygen atoms in total. The minimum absolute atomic E-state index is 0.0873. The minimum atomic E-state index is -0.458. The second-order valence-electron chi connectivity index (χ2n) is 12.4. The van der Waals surface area contributed by atoms with Gasteiger partial charge in [-0.15, -0.1) is 0 Å². The van der Waals surface area contributed by atoms with Crippen molar-refractivity contribution in [2.45, 2.75) is 88.6 Å². The summed E-state index contributed by atoms with van der Waals surface area (Å²) in [5, 5.41) is 7.37. The quantitative estimate of drug-likeness (QED) is 0.551. The summed E-state index contributed by atoms with van der Waals surface area (Å²) in [5.74, 6) is 0.175. The van der Waals surface area contributed by atoms with Crippen LogP contribution in [0.5, 0.6) is 0 Å². The first kappa shape index (κ1) is 23.6. The van der Waals surface area contributed by atoms with Gasteiger partial charge < -0.3 is 20.4 Å². The lowest BCUT2D eigenvalue weighted by molar-refractivity contribution is -0.160. The van der Waals surface area contributed by atoms with Crippen LogP contribution in [0.1, 0.15) is 64.5 Å². The molecule has 2 aromatic carbocycles. The van der Waals surface area contributed by atoms with E-state index in [9.17, 15) is 9.59 Å². The molecule has 2 amide bonds.